The summed E-state index contributed by atoms with van der Waals surface area (Å²) in [5, 5.41) is 0. The first-order chi connectivity index (χ1) is 11.9. The average Bonchev–Trinajstić information content (AvgIpc) is 2.52. The summed E-state index contributed by atoms with van der Waals surface area (Å²) in [7, 11) is -5.51. The van der Waals surface area contributed by atoms with Crippen molar-refractivity contribution in [3.05, 3.63) is 24.8 Å². The first kappa shape index (κ1) is 23.4. The Morgan fingerprint density at radius 3 is 2.38 bits per heavy atom. The van der Waals surface area contributed by atoms with Crippen LogP contribution in [0.3, 0.4) is 0 Å². The lowest BCUT2D eigenvalue weighted by Gasteiger charge is -2.13. The zero-order valence-electron chi connectivity index (χ0n) is 13.0. The van der Waals surface area contributed by atoms with E-state index in [0.29, 0.717) is 7.14 Å². The molecule has 0 heterocycles. The lowest BCUT2D eigenvalue weighted by atomic mass is 10.2. The zero-order valence-corrected chi connectivity index (χ0v) is 18.2. The van der Waals surface area contributed by atoms with E-state index in [1.807, 2.05) is 45.2 Å². The number of hydrogen-bond acceptors (Lipinski definition) is 6. The number of ether oxygens (including phenoxy) is 2. The van der Waals surface area contributed by atoms with Crippen LogP contribution in [0.15, 0.2) is 12.1 Å². The summed E-state index contributed by atoms with van der Waals surface area (Å²) < 4.78 is 70.4. The summed E-state index contributed by atoms with van der Waals surface area (Å²) >= 11 is 3.77. The zero-order chi connectivity index (χ0) is 20.1. The Hall–Kier alpha value is -0.680. The van der Waals surface area contributed by atoms with Gasteiger partial charge >= 0.3 is 27.5 Å². The Balaban J connectivity index is 2.83. The minimum atomic E-state index is -5.51. The minimum Gasteiger partial charge on any atom is -0.461 e. The van der Waals surface area contributed by atoms with E-state index in [9.17, 15) is 31.2 Å². The smallest absolute Gasteiger partial charge is 0.461 e. The maximum Gasteiger partial charge on any atom is 0.511 e. The number of sulfonamides is 1. The van der Waals surface area contributed by atoms with Gasteiger partial charge in [-0.15, -0.1) is 0 Å². The van der Waals surface area contributed by atoms with Gasteiger partial charge in [0, 0.05) is 16.5 Å². The molecule has 0 aliphatic heterocycles. The number of esters is 2. The molecule has 0 saturated carbocycles. The van der Waals surface area contributed by atoms with Crippen LogP contribution in [0.2, 0.25) is 0 Å². The Morgan fingerprint density at radius 2 is 1.85 bits per heavy atom. The third-order valence-corrected chi connectivity index (χ3v) is 5.28. The molecule has 146 valence electrons. The van der Waals surface area contributed by atoms with Gasteiger partial charge in [-0.3, -0.25) is 4.79 Å². The largest absolute Gasteiger partial charge is 0.511 e. The van der Waals surface area contributed by atoms with Crippen molar-refractivity contribution in [1.82, 2.24) is 4.72 Å². The molecule has 0 fully saturated rings. The molecular formula is C13H12F3I2NO6S. The van der Waals surface area contributed by atoms with Gasteiger partial charge in [-0.05, 0) is 57.3 Å². The maximum atomic E-state index is 12.2. The highest BCUT2D eigenvalue weighted by Gasteiger charge is 2.45. The van der Waals surface area contributed by atoms with E-state index in [2.05, 4.69) is 0 Å². The molecule has 0 unspecified atom stereocenters. The normalized spacial score (nSPS) is 11.9. The Kier molecular flexibility index (Phi) is 8.53. The van der Waals surface area contributed by atoms with Crippen molar-refractivity contribution in [2.75, 3.05) is 13.2 Å². The predicted molar refractivity (Wildman–Crippen MR) is 101 cm³/mol. The molecule has 0 bridgehead atoms. The third-order valence-electron chi connectivity index (χ3n) is 2.66. The van der Waals surface area contributed by atoms with Crippen molar-refractivity contribution in [2.45, 2.75) is 18.9 Å². The summed E-state index contributed by atoms with van der Waals surface area (Å²) in [5.74, 6) is -1.58. The van der Waals surface area contributed by atoms with E-state index in [1.54, 1.807) is 13.0 Å². The van der Waals surface area contributed by atoms with E-state index < -0.39 is 40.6 Å². The highest BCUT2D eigenvalue weighted by Crippen LogP contribution is 2.29. The summed E-state index contributed by atoms with van der Waals surface area (Å²) in [6.07, 6.45) is 0.0653. The van der Waals surface area contributed by atoms with Crippen LogP contribution in [-0.2, 0) is 19.6 Å². The Labute approximate surface area is 174 Å². The van der Waals surface area contributed by atoms with Crippen LogP contribution in [0.5, 0.6) is 5.75 Å². The molecule has 0 atom stereocenters. The van der Waals surface area contributed by atoms with Crippen LogP contribution in [0.25, 0.3) is 0 Å². The van der Waals surface area contributed by atoms with E-state index in [4.69, 9.17) is 9.47 Å². The maximum absolute atomic E-state index is 12.2. The standard InChI is InChI=1S/C13H12F3I2NO6S/c1-2-10(20)25-11-8(5-7(17)6-9(11)18)12(21)24-4-3-19-26(22,23)13(14,15)16/h5-6,19H,2-4H2,1H3. The fourth-order valence-corrected chi connectivity index (χ4v) is 3.95. The van der Waals surface area contributed by atoms with Crippen LogP contribution in [0.4, 0.5) is 13.2 Å². The number of halogens is 5. The van der Waals surface area contributed by atoms with Gasteiger partial charge in [0.25, 0.3) is 0 Å². The van der Waals surface area contributed by atoms with Crippen molar-refractivity contribution in [1.29, 1.82) is 0 Å². The van der Waals surface area contributed by atoms with Gasteiger partial charge in [0.05, 0.1) is 3.57 Å². The summed E-state index contributed by atoms with van der Waals surface area (Å²) in [6, 6.07) is 3.02. The van der Waals surface area contributed by atoms with Crippen molar-refractivity contribution in [3.8, 4) is 5.75 Å². The van der Waals surface area contributed by atoms with Gasteiger partial charge in [-0.2, -0.15) is 13.2 Å². The Bertz CT molecular complexity index is 798. The monoisotopic (exact) mass is 621 g/mol. The second-order valence-electron chi connectivity index (χ2n) is 4.57. The lowest BCUT2D eigenvalue weighted by molar-refractivity contribution is -0.134. The highest BCUT2D eigenvalue weighted by molar-refractivity contribution is 14.1. The number of carbonyl (C=O) groups is 2. The number of carbonyl (C=O) groups excluding carboxylic acids is 2. The quantitative estimate of drug-likeness (QED) is 0.218. The van der Waals surface area contributed by atoms with Gasteiger partial charge in [0.1, 0.15) is 12.2 Å². The van der Waals surface area contributed by atoms with Gasteiger partial charge in [0.15, 0.2) is 5.75 Å². The van der Waals surface area contributed by atoms with Crippen LogP contribution in [0, 0.1) is 7.14 Å². The number of alkyl halides is 3. The minimum absolute atomic E-state index is 0.0289. The van der Waals surface area contributed by atoms with Crippen molar-refractivity contribution in [2.24, 2.45) is 0 Å². The fraction of sp³-hybridized carbons (Fsp3) is 0.385. The molecule has 7 nitrogen and oxygen atoms in total. The van der Waals surface area contributed by atoms with Crippen LogP contribution in [0.1, 0.15) is 23.7 Å². The van der Waals surface area contributed by atoms with Crippen LogP contribution < -0.4 is 9.46 Å². The first-order valence-corrected chi connectivity index (χ1v) is 10.5. The van der Waals surface area contributed by atoms with E-state index >= 15 is 0 Å². The second kappa shape index (κ2) is 9.50. The first-order valence-electron chi connectivity index (χ1n) is 6.81. The van der Waals surface area contributed by atoms with E-state index in [-0.39, 0.29) is 17.7 Å². The molecule has 1 aromatic rings. The molecule has 0 aromatic heterocycles. The summed E-state index contributed by atoms with van der Waals surface area (Å²) in [4.78, 5) is 23.6. The predicted octanol–water partition coefficient (Wildman–Crippen LogP) is 2.81. The summed E-state index contributed by atoms with van der Waals surface area (Å²) in [6.45, 7) is 0.155. The van der Waals surface area contributed by atoms with E-state index in [0.717, 1.165) is 0 Å². The van der Waals surface area contributed by atoms with E-state index in [1.165, 1.54) is 10.8 Å². The van der Waals surface area contributed by atoms with Crippen LogP contribution >= 0.6 is 45.2 Å². The molecule has 0 aliphatic carbocycles. The molecule has 1 rings (SSSR count). The molecule has 1 N–H and O–H groups in total. The van der Waals surface area contributed by atoms with Crippen LogP contribution in [-0.4, -0.2) is 39.0 Å². The number of benzene rings is 1. The van der Waals surface area contributed by atoms with Crippen molar-refractivity contribution < 1.29 is 40.7 Å². The van der Waals surface area contributed by atoms with Crippen molar-refractivity contribution >= 4 is 67.1 Å². The summed E-state index contributed by atoms with van der Waals surface area (Å²) in [5.41, 5.74) is -5.55. The molecule has 0 spiro atoms. The second-order valence-corrected chi connectivity index (χ2v) is 8.74. The molecule has 0 saturated heterocycles. The number of hydrogen-bond donors (Lipinski definition) is 1. The Morgan fingerprint density at radius 1 is 1.23 bits per heavy atom. The highest BCUT2D eigenvalue weighted by atomic mass is 127. The molecule has 0 aliphatic rings. The van der Waals surface area contributed by atoms with Crippen molar-refractivity contribution in [3.63, 3.8) is 0 Å². The average molecular weight is 621 g/mol. The molecular weight excluding hydrogens is 609 g/mol. The molecule has 0 amide bonds. The van der Waals surface area contributed by atoms with Gasteiger partial charge < -0.3 is 9.47 Å². The molecule has 0 radical (unpaired) electrons. The van der Waals surface area contributed by atoms with Gasteiger partial charge in [-0.25, -0.2) is 17.9 Å². The topological polar surface area (TPSA) is 98.8 Å². The molecule has 13 heteroatoms. The third kappa shape index (κ3) is 6.49. The number of rotatable bonds is 7. The SMILES string of the molecule is CCC(=O)Oc1c(I)cc(I)cc1C(=O)OCCNS(=O)(=O)C(F)(F)F. The number of nitrogens with one attached hydrogen (secondary N) is 1. The van der Waals surface area contributed by atoms with Gasteiger partial charge in [-0.1, -0.05) is 6.92 Å². The van der Waals surface area contributed by atoms with Gasteiger partial charge in [0.2, 0.25) is 0 Å². The molecule has 26 heavy (non-hydrogen) atoms. The fourth-order valence-electron chi connectivity index (χ4n) is 1.48. The molecule has 1 aromatic carbocycles. The lowest BCUT2D eigenvalue weighted by Crippen LogP contribution is -2.38.